The van der Waals surface area contributed by atoms with Crippen molar-refractivity contribution < 1.29 is 4.79 Å². The first-order valence-electron chi connectivity index (χ1n) is 6.20. The van der Waals surface area contributed by atoms with Gasteiger partial charge in [0, 0.05) is 18.4 Å². The Bertz CT molecular complexity index is 607. The summed E-state index contributed by atoms with van der Waals surface area (Å²) < 4.78 is 1.63. The topological polar surface area (TPSA) is 60.1 Å². The Balaban J connectivity index is 2.03. The van der Waals surface area contributed by atoms with Crippen LogP contribution in [0.5, 0.6) is 0 Å². The number of aryl methyl sites for hydroxylation is 1. The van der Waals surface area contributed by atoms with Gasteiger partial charge in [-0.15, -0.1) is 5.10 Å². The molecule has 3 rings (SSSR count). The molecule has 5 nitrogen and oxygen atoms in total. The maximum Gasteiger partial charge on any atom is 0.253 e. The average molecular weight is 262 g/mol. The van der Waals surface area contributed by atoms with Gasteiger partial charge >= 0.3 is 0 Å². The molecule has 0 saturated carbocycles. The quantitative estimate of drug-likeness (QED) is 0.793. The molecule has 0 fully saturated rings. The second-order valence-electron chi connectivity index (χ2n) is 4.37. The first-order valence-corrected chi connectivity index (χ1v) is 7.19. The van der Waals surface area contributed by atoms with Gasteiger partial charge in [0.1, 0.15) is 0 Å². The first-order chi connectivity index (χ1) is 8.78. The molecular weight excluding hydrogens is 248 g/mol. The normalized spacial score (nSPS) is 15.1. The average Bonchev–Trinajstić information content (AvgIpc) is 2.76. The van der Waals surface area contributed by atoms with Crippen LogP contribution in [-0.2, 0) is 6.42 Å². The molecule has 94 valence electrons. The number of Topliss-reactive ketones (excluding diaryl/α,β-unsaturated/α-hetero) is 1. The van der Waals surface area contributed by atoms with Crippen LogP contribution in [0.25, 0.3) is 5.78 Å². The summed E-state index contributed by atoms with van der Waals surface area (Å²) in [6, 6.07) is 0. The highest BCUT2D eigenvalue weighted by Gasteiger charge is 2.20. The molecule has 1 aliphatic carbocycles. The zero-order valence-corrected chi connectivity index (χ0v) is 11.0. The molecule has 2 aromatic rings. The predicted molar refractivity (Wildman–Crippen MR) is 69.1 cm³/mol. The number of carbonyl (C=O) groups excluding carboxylic acids is 1. The van der Waals surface area contributed by atoms with E-state index in [0.29, 0.717) is 17.8 Å². The SMILES string of the molecule is CCCSc1nc2nc3c(cn2n1)C(=O)CCC3. The Hall–Kier alpha value is -1.43. The van der Waals surface area contributed by atoms with Gasteiger partial charge in [0.25, 0.3) is 5.78 Å². The number of fused-ring (bicyclic) bond motifs is 2. The molecule has 1 aliphatic rings. The van der Waals surface area contributed by atoms with Gasteiger partial charge in [0.15, 0.2) is 5.78 Å². The lowest BCUT2D eigenvalue weighted by Crippen LogP contribution is -2.14. The number of hydrogen-bond donors (Lipinski definition) is 0. The zero-order valence-electron chi connectivity index (χ0n) is 10.2. The number of thioether (sulfide) groups is 1. The Morgan fingerprint density at radius 1 is 1.39 bits per heavy atom. The van der Waals surface area contributed by atoms with Crippen LogP contribution in [0.4, 0.5) is 0 Å². The molecule has 0 aromatic carbocycles. The van der Waals surface area contributed by atoms with Crippen LogP contribution in [0.2, 0.25) is 0 Å². The highest BCUT2D eigenvalue weighted by atomic mass is 32.2. The van der Waals surface area contributed by atoms with Crippen molar-refractivity contribution in [2.24, 2.45) is 0 Å². The molecule has 0 N–H and O–H groups in total. The highest BCUT2D eigenvalue weighted by Crippen LogP contribution is 2.21. The van der Waals surface area contributed by atoms with Gasteiger partial charge in [0.05, 0.1) is 11.3 Å². The van der Waals surface area contributed by atoms with Crippen molar-refractivity contribution in [3.05, 3.63) is 17.5 Å². The molecule has 0 spiro atoms. The van der Waals surface area contributed by atoms with E-state index in [1.807, 2.05) is 0 Å². The van der Waals surface area contributed by atoms with Crippen LogP contribution in [0.3, 0.4) is 0 Å². The standard InChI is InChI=1S/C12H14N4OS/c1-2-6-18-12-14-11-13-9-4-3-5-10(17)8(9)7-16(11)15-12/h7H,2-6H2,1H3. The monoisotopic (exact) mass is 262 g/mol. The van der Waals surface area contributed by atoms with E-state index in [-0.39, 0.29) is 5.78 Å². The minimum absolute atomic E-state index is 0.170. The minimum Gasteiger partial charge on any atom is -0.294 e. The van der Waals surface area contributed by atoms with Crippen LogP contribution >= 0.6 is 11.8 Å². The Kier molecular flexibility index (Phi) is 3.03. The van der Waals surface area contributed by atoms with Crippen molar-refractivity contribution in [2.75, 3.05) is 5.75 Å². The lowest BCUT2D eigenvalue weighted by molar-refractivity contribution is 0.0971. The van der Waals surface area contributed by atoms with Crippen molar-refractivity contribution >= 4 is 23.3 Å². The summed E-state index contributed by atoms with van der Waals surface area (Å²) >= 11 is 1.62. The van der Waals surface area contributed by atoms with Crippen LogP contribution in [0.1, 0.15) is 42.2 Å². The van der Waals surface area contributed by atoms with Crippen molar-refractivity contribution in [3.8, 4) is 0 Å². The smallest absolute Gasteiger partial charge is 0.253 e. The number of nitrogens with zero attached hydrogens (tertiary/aromatic N) is 4. The zero-order chi connectivity index (χ0) is 12.5. The van der Waals surface area contributed by atoms with E-state index in [0.717, 1.165) is 35.9 Å². The summed E-state index contributed by atoms with van der Waals surface area (Å²) in [5.41, 5.74) is 1.59. The van der Waals surface area contributed by atoms with E-state index in [2.05, 4.69) is 22.0 Å². The summed E-state index contributed by atoms with van der Waals surface area (Å²) in [5, 5.41) is 5.08. The van der Waals surface area contributed by atoms with Gasteiger partial charge in [-0.2, -0.15) is 4.98 Å². The van der Waals surface area contributed by atoms with E-state index in [1.165, 1.54) is 0 Å². The van der Waals surface area contributed by atoms with E-state index < -0.39 is 0 Å². The van der Waals surface area contributed by atoms with E-state index in [1.54, 1.807) is 22.5 Å². The van der Waals surface area contributed by atoms with Gasteiger partial charge in [0.2, 0.25) is 5.16 Å². The number of ketones is 1. The summed E-state index contributed by atoms with van der Waals surface area (Å²) in [5.74, 6) is 1.76. The molecule has 6 heteroatoms. The molecular formula is C12H14N4OS. The van der Waals surface area contributed by atoms with Gasteiger partial charge in [-0.3, -0.25) is 4.79 Å². The molecule has 2 heterocycles. The van der Waals surface area contributed by atoms with Gasteiger partial charge < -0.3 is 0 Å². The van der Waals surface area contributed by atoms with Crippen LogP contribution in [0, 0.1) is 0 Å². The minimum atomic E-state index is 0.170. The van der Waals surface area contributed by atoms with E-state index in [9.17, 15) is 4.79 Å². The highest BCUT2D eigenvalue weighted by molar-refractivity contribution is 7.99. The fourth-order valence-corrected chi connectivity index (χ4v) is 2.74. The van der Waals surface area contributed by atoms with Gasteiger partial charge in [-0.25, -0.2) is 9.50 Å². The third kappa shape index (κ3) is 2.01. The molecule has 0 unspecified atom stereocenters. The van der Waals surface area contributed by atoms with Crippen molar-refractivity contribution in [3.63, 3.8) is 0 Å². The Labute approximate surface area is 109 Å². The molecule has 0 aliphatic heterocycles. The maximum absolute atomic E-state index is 11.8. The molecule has 0 saturated heterocycles. The maximum atomic E-state index is 11.8. The Morgan fingerprint density at radius 2 is 2.28 bits per heavy atom. The molecule has 0 radical (unpaired) electrons. The third-order valence-electron chi connectivity index (χ3n) is 2.94. The second-order valence-corrected chi connectivity index (χ2v) is 5.43. The van der Waals surface area contributed by atoms with Crippen LogP contribution < -0.4 is 0 Å². The molecule has 0 bridgehead atoms. The van der Waals surface area contributed by atoms with Gasteiger partial charge in [-0.1, -0.05) is 18.7 Å². The molecule has 0 amide bonds. The number of carbonyl (C=O) groups is 1. The lowest BCUT2D eigenvalue weighted by atomic mass is 9.96. The van der Waals surface area contributed by atoms with Crippen molar-refractivity contribution in [1.82, 2.24) is 19.6 Å². The largest absolute Gasteiger partial charge is 0.294 e. The van der Waals surface area contributed by atoms with Gasteiger partial charge in [-0.05, 0) is 19.3 Å². The first kappa shape index (κ1) is 11.6. The Morgan fingerprint density at radius 3 is 3.11 bits per heavy atom. The van der Waals surface area contributed by atoms with Crippen molar-refractivity contribution in [1.29, 1.82) is 0 Å². The third-order valence-corrected chi connectivity index (χ3v) is 3.99. The van der Waals surface area contributed by atoms with E-state index >= 15 is 0 Å². The van der Waals surface area contributed by atoms with Crippen LogP contribution in [-0.4, -0.2) is 31.1 Å². The summed E-state index contributed by atoms with van der Waals surface area (Å²) in [4.78, 5) is 20.6. The van der Waals surface area contributed by atoms with E-state index in [4.69, 9.17) is 0 Å². The number of rotatable bonds is 3. The summed E-state index contributed by atoms with van der Waals surface area (Å²) in [6.07, 6.45) is 5.24. The van der Waals surface area contributed by atoms with Crippen molar-refractivity contribution in [2.45, 2.75) is 37.8 Å². The second kappa shape index (κ2) is 4.68. The number of aromatic nitrogens is 4. The summed E-state index contributed by atoms with van der Waals surface area (Å²) in [7, 11) is 0. The lowest BCUT2D eigenvalue weighted by Gasteiger charge is -2.12. The fourth-order valence-electron chi connectivity index (χ4n) is 2.07. The number of hydrogen-bond acceptors (Lipinski definition) is 5. The van der Waals surface area contributed by atoms with Crippen LogP contribution in [0.15, 0.2) is 11.4 Å². The predicted octanol–water partition coefficient (Wildman–Crippen LogP) is 2.15. The molecule has 0 atom stereocenters. The summed E-state index contributed by atoms with van der Waals surface area (Å²) in [6.45, 7) is 2.12. The molecule has 18 heavy (non-hydrogen) atoms. The fraction of sp³-hybridized carbons (Fsp3) is 0.500. The molecule has 2 aromatic heterocycles.